The Kier molecular flexibility index (Phi) is 7.48. The Morgan fingerprint density at radius 1 is 1.13 bits per heavy atom. The zero-order valence-corrected chi connectivity index (χ0v) is 14.8. The second kappa shape index (κ2) is 8.26. The number of hydrogen-bond donors (Lipinski definition) is 1. The summed E-state index contributed by atoms with van der Waals surface area (Å²) in [6.07, 6.45) is -2.21. The molecule has 2 nitrogen and oxygen atoms in total. The lowest BCUT2D eigenvalue weighted by atomic mass is 9.97. The topological polar surface area (TPSA) is 15.3 Å². The molecule has 1 N–H and O–H groups in total. The van der Waals surface area contributed by atoms with Gasteiger partial charge in [-0.1, -0.05) is 17.7 Å². The summed E-state index contributed by atoms with van der Waals surface area (Å²) in [6, 6.07) is 4.47. The van der Waals surface area contributed by atoms with Crippen LogP contribution >= 0.6 is 36.4 Å². The molecule has 1 atom stereocenters. The average molecular weight is 392 g/mol. The molecule has 0 aromatic heterocycles. The predicted octanol–water partition coefficient (Wildman–Crippen LogP) is 4.56. The SMILES string of the molecule is Cl.Cl.FC(F)(F)c1cc([C@H](C2CC2)N2CCNCC2)ccc1Cl. The third-order valence-electron chi connectivity index (χ3n) is 4.25. The van der Waals surface area contributed by atoms with Crippen molar-refractivity contribution >= 4 is 36.4 Å². The van der Waals surface area contributed by atoms with E-state index in [1.165, 1.54) is 12.1 Å². The van der Waals surface area contributed by atoms with Crippen molar-refractivity contribution in [3.63, 3.8) is 0 Å². The summed E-state index contributed by atoms with van der Waals surface area (Å²) in [5, 5.41) is 3.06. The molecule has 1 saturated carbocycles. The quantitative estimate of drug-likeness (QED) is 0.812. The van der Waals surface area contributed by atoms with Gasteiger partial charge in [0.1, 0.15) is 0 Å². The highest BCUT2D eigenvalue weighted by Gasteiger charge is 2.39. The van der Waals surface area contributed by atoms with Crippen LogP contribution in [0.5, 0.6) is 0 Å². The van der Waals surface area contributed by atoms with Crippen LogP contribution in [0, 0.1) is 5.92 Å². The molecule has 0 unspecified atom stereocenters. The molecule has 1 saturated heterocycles. The van der Waals surface area contributed by atoms with Gasteiger partial charge in [0.15, 0.2) is 0 Å². The van der Waals surface area contributed by atoms with Gasteiger partial charge in [-0.2, -0.15) is 13.2 Å². The summed E-state index contributed by atoms with van der Waals surface area (Å²) in [7, 11) is 0. The molecule has 0 bridgehead atoms. The maximum Gasteiger partial charge on any atom is 0.417 e. The van der Waals surface area contributed by atoms with Gasteiger partial charge >= 0.3 is 6.18 Å². The number of halogens is 6. The van der Waals surface area contributed by atoms with Crippen LogP contribution in [-0.2, 0) is 6.18 Å². The van der Waals surface area contributed by atoms with Crippen molar-refractivity contribution in [2.45, 2.75) is 25.1 Å². The summed E-state index contributed by atoms with van der Waals surface area (Å²) in [6.45, 7) is 3.54. The number of rotatable bonds is 3. The molecular formula is C15H20Cl3F3N2. The van der Waals surface area contributed by atoms with Gasteiger partial charge in [0.25, 0.3) is 0 Å². The van der Waals surface area contributed by atoms with Gasteiger partial charge in [0.2, 0.25) is 0 Å². The minimum Gasteiger partial charge on any atom is -0.314 e. The third kappa shape index (κ3) is 4.89. The van der Waals surface area contributed by atoms with Crippen LogP contribution in [0.3, 0.4) is 0 Å². The lowest BCUT2D eigenvalue weighted by Crippen LogP contribution is -2.45. The number of alkyl halides is 3. The average Bonchev–Trinajstić information content (AvgIpc) is 3.25. The molecule has 1 aromatic carbocycles. The van der Waals surface area contributed by atoms with Gasteiger partial charge in [-0.25, -0.2) is 0 Å². The molecule has 8 heteroatoms. The van der Waals surface area contributed by atoms with Crippen LogP contribution in [0.4, 0.5) is 13.2 Å². The second-order valence-electron chi connectivity index (χ2n) is 5.81. The van der Waals surface area contributed by atoms with E-state index in [0.717, 1.165) is 44.6 Å². The molecule has 2 fully saturated rings. The molecular weight excluding hydrogens is 372 g/mol. The first-order chi connectivity index (χ1) is 9.97. The monoisotopic (exact) mass is 390 g/mol. The van der Waals surface area contributed by atoms with E-state index in [1.807, 2.05) is 0 Å². The van der Waals surface area contributed by atoms with E-state index in [4.69, 9.17) is 11.6 Å². The first kappa shape index (κ1) is 20.8. The minimum atomic E-state index is -4.40. The fourth-order valence-electron chi connectivity index (χ4n) is 3.10. The van der Waals surface area contributed by atoms with E-state index in [9.17, 15) is 13.2 Å². The molecule has 1 aliphatic carbocycles. The number of hydrogen-bond acceptors (Lipinski definition) is 2. The number of nitrogens with zero attached hydrogens (tertiary/aromatic N) is 1. The molecule has 0 spiro atoms. The summed E-state index contributed by atoms with van der Waals surface area (Å²) in [4.78, 5) is 2.30. The van der Waals surface area contributed by atoms with E-state index in [2.05, 4.69) is 10.2 Å². The number of benzene rings is 1. The zero-order valence-electron chi connectivity index (χ0n) is 12.4. The van der Waals surface area contributed by atoms with E-state index in [1.54, 1.807) is 6.07 Å². The van der Waals surface area contributed by atoms with Crippen molar-refractivity contribution in [1.29, 1.82) is 0 Å². The molecule has 132 valence electrons. The largest absolute Gasteiger partial charge is 0.417 e. The van der Waals surface area contributed by atoms with Gasteiger partial charge < -0.3 is 5.32 Å². The Hall–Kier alpha value is -0.200. The van der Waals surface area contributed by atoms with E-state index >= 15 is 0 Å². The van der Waals surface area contributed by atoms with Crippen LogP contribution in [0.1, 0.15) is 30.0 Å². The lowest BCUT2D eigenvalue weighted by Gasteiger charge is -2.35. The summed E-state index contributed by atoms with van der Waals surface area (Å²) in [5.74, 6) is 0.477. The van der Waals surface area contributed by atoms with Crippen LogP contribution in [0.25, 0.3) is 0 Å². The van der Waals surface area contributed by atoms with Crippen LogP contribution in [0.15, 0.2) is 18.2 Å². The van der Waals surface area contributed by atoms with Gasteiger partial charge in [0.05, 0.1) is 10.6 Å². The highest BCUT2D eigenvalue weighted by molar-refractivity contribution is 6.31. The third-order valence-corrected chi connectivity index (χ3v) is 4.58. The highest BCUT2D eigenvalue weighted by atomic mass is 35.5. The Bertz CT molecular complexity index is 515. The molecule has 1 aliphatic heterocycles. The molecule has 3 rings (SSSR count). The van der Waals surface area contributed by atoms with Gasteiger partial charge in [-0.3, -0.25) is 4.90 Å². The van der Waals surface area contributed by atoms with Gasteiger partial charge in [-0.15, -0.1) is 24.8 Å². The van der Waals surface area contributed by atoms with E-state index < -0.39 is 11.7 Å². The second-order valence-corrected chi connectivity index (χ2v) is 6.21. The Morgan fingerprint density at radius 3 is 2.26 bits per heavy atom. The molecule has 2 aliphatic rings. The fourth-order valence-corrected chi connectivity index (χ4v) is 3.32. The summed E-state index contributed by atoms with van der Waals surface area (Å²) >= 11 is 5.72. The van der Waals surface area contributed by atoms with Crippen molar-refractivity contribution in [3.8, 4) is 0 Å². The van der Waals surface area contributed by atoms with E-state index in [0.29, 0.717) is 5.92 Å². The summed E-state index contributed by atoms with van der Waals surface area (Å²) < 4.78 is 39.1. The number of piperazine rings is 1. The van der Waals surface area contributed by atoms with E-state index in [-0.39, 0.29) is 35.9 Å². The Labute approximate surface area is 151 Å². The van der Waals surface area contributed by atoms with Crippen molar-refractivity contribution in [2.24, 2.45) is 5.92 Å². The molecule has 0 amide bonds. The first-order valence-corrected chi connectivity index (χ1v) is 7.66. The normalized spacial score (nSPS) is 20.3. The first-order valence-electron chi connectivity index (χ1n) is 7.28. The summed E-state index contributed by atoms with van der Waals surface area (Å²) in [5.41, 5.74) is 0.0265. The molecule has 1 aromatic rings. The number of nitrogens with one attached hydrogen (secondary N) is 1. The maximum atomic E-state index is 13.0. The Morgan fingerprint density at radius 2 is 1.74 bits per heavy atom. The fraction of sp³-hybridized carbons (Fsp3) is 0.600. The Balaban J connectivity index is 0.00000132. The molecule has 23 heavy (non-hydrogen) atoms. The van der Waals surface area contributed by atoms with Gasteiger partial charge in [-0.05, 0) is 36.5 Å². The van der Waals surface area contributed by atoms with Crippen molar-refractivity contribution < 1.29 is 13.2 Å². The van der Waals surface area contributed by atoms with Crippen molar-refractivity contribution in [3.05, 3.63) is 34.3 Å². The lowest BCUT2D eigenvalue weighted by molar-refractivity contribution is -0.137. The van der Waals surface area contributed by atoms with Crippen LogP contribution < -0.4 is 5.32 Å². The highest BCUT2D eigenvalue weighted by Crippen LogP contribution is 2.46. The molecule has 1 heterocycles. The standard InChI is InChI=1S/C15H18ClF3N2.2ClH/c16-13-4-3-11(9-12(13)15(17,18)19)14(10-1-2-10)21-7-5-20-6-8-21;;/h3-4,9-10,14,20H,1-2,5-8H2;2*1H/t14-;;/m0../s1. The maximum absolute atomic E-state index is 13.0. The van der Waals surface area contributed by atoms with Crippen LogP contribution in [-0.4, -0.2) is 31.1 Å². The molecule has 0 radical (unpaired) electrons. The van der Waals surface area contributed by atoms with Crippen molar-refractivity contribution in [1.82, 2.24) is 10.2 Å². The van der Waals surface area contributed by atoms with Crippen molar-refractivity contribution in [2.75, 3.05) is 26.2 Å². The van der Waals surface area contributed by atoms with Crippen LogP contribution in [0.2, 0.25) is 5.02 Å². The minimum absolute atomic E-state index is 0. The zero-order chi connectivity index (χ0) is 15.0. The smallest absolute Gasteiger partial charge is 0.314 e. The van der Waals surface area contributed by atoms with Gasteiger partial charge in [0, 0.05) is 32.2 Å². The predicted molar refractivity (Wildman–Crippen MR) is 90.9 cm³/mol.